The van der Waals surface area contributed by atoms with Crippen molar-refractivity contribution in [1.82, 2.24) is 19.9 Å². The van der Waals surface area contributed by atoms with Crippen LogP contribution >= 0.6 is 39.1 Å². The lowest BCUT2D eigenvalue weighted by Gasteiger charge is -2.16. The molecule has 0 saturated heterocycles. The summed E-state index contributed by atoms with van der Waals surface area (Å²) in [7, 11) is -3.39. The molecule has 13 heteroatoms. The normalized spacial score (nSPS) is 11.3. The first kappa shape index (κ1) is 27.3. The van der Waals surface area contributed by atoms with Crippen LogP contribution in [0.15, 0.2) is 39.6 Å². The van der Waals surface area contributed by atoms with Gasteiger partial charge < -0.3 is 15.2 Å². The molecule has 2 amide bonds. The Morgan fingerprint density at radius 2 is 1.76 bits per heavy atom. The number of nitrogens with one attached hydrogen (secondary N) is 3. The fraction of sp³-hybridized carbons (Fsp3) is 0.350. The molecule has 0 fully saturated rings. The number of nitrogens with zero attached hydrogens (tertiary/aromatic N) is 1. The number of rotatable bonds is 11. The Morgan fingerprint density at radius 1 is 1.09 bits per heavy atom. The Kier molecular flexibility index (Phi) is 10.4. The number of sulfonamides is 1. The van der Waals surface area contributed by atoms with Gasteiger partial charge in [-0.2, -0.15) is 0 Å². The smallest absolute Gasteiger partial charge is 0.269 e. The molecular weight excluding hydrogens is 559 g/mol. The number of carbonyl (C=O) groups excluding carboxylic acids is 2. The molecule has 0 aliphatic rings. The third-order valence-corrected chi connectivity index (χ3v) is 6.92. The lowest BCUT2D eigenvalue weighted by molar-refractivity contribution is 0.0930. The maximum atomic E-state index is 13.0. The summed E-state index contributed by atoms with van der Waals surface area (Å²) in [5, 5.41) is 5.78. The van der Waals surface area contributed by atoms with Crippen molar-refractivity contribution in [2.75, 3.05) is 24.7 Å². The molecule has 2 aromatic rings. The highest BCUT2D eigenvalue weighted by atomic mass is 79.9. The van der Waals surface area contributed by atoms with Crippen molar-refractivity contribution in [1.29, 1.82) is 0 Å². The van der Waals surface area contributed by atoms with Crippen molar-refractivity contribution in [3.63, 3.8) is 0 Å². The standard InChI is InChI=1S/C20H23BrCl2N4O5S/c1-2-33(31,32)26-9-8-24-19(29)17-16(21)11-15(20(30)27(17)10-7-22)18(28)25-12-13-3-5-14(23)6-4-13/h3-6,11,26H,2,7-10,12H2,1H3,(H,24,29)(H,25,28). The Morgan fingerprint density at radius 3 is 2.36 bits per heavy atom. The quantitative estimate of drug-likeness (QED) is 0.277. The highest BCUT2D eigenvalue weighted by molar-refractivity contribution is 9.10. The zero-order chi connectivity index (χ0) is 24.6. The molecule has 9 nitrogen and oxygen atoms in total. The average Bonchev–Trinajstić information content (AvgIpc) is 2.78. The van der Waals surface area contributed by atoms with Gasteiger partial charge >= 0.3 is 0 Å². The van der Waals surface area contributed by atoms with Crippen LogP contribution in [0.1, 0.15) is 33.3 Å². The monoisotopic (exact) mass is 580 g/mol. The highest BCUT2D eigenvalue weighted by Gasteiger charge is 2.22. The average molecular weight is 582 g/mol. The summed E-state index contributed by atoms with van der Waals surface area (Å²) in [6.07, 6.45) is 0. The van der Waals surface area contributed by atoms with E-state index >= 15 is 0 Å². The summed E-state index contributed by atoms with van der Waals surface area (Å²) in [5.41, 5.74) is -0.0617. The molecule has 33 heavy (non-hydrogen) atoms. The fourth-order valence-corrected chi connectivity index (χ4v) is 4.31. The van der Waals surface area contributed by atoms with Crippen molar-refractivity contribution in [2.24, 2.45) is 0 Å². The predicted octanol–water partition coefficient (Wildman–Crippen LogP) is 2.10. The van der Waals surface area contributed by atoms with Crippen LogP contribution in [0.4, 0.5) is 0 Å². The van der Waals surface area contributed by atoms with Crippen LogP contribution in [0.25, 0.3) is 0 Å². The molecule has 0 unspecified atom stereocenters. The van der Waals surface area contributed by atoms with Gasteiger partial charge in [-0.15, -0.1) is 11.6 Å². The molecule has 180 valence electrons. The fourth-order valence-electron chi connectivity index (χ4n) is 2.77. The molecule has 0 spiro atoms. The number of carbonyl (C=O) groups is 2. The molecule has 0 atom stereocenters. The summed E-state index contributed by atoms with van der Waals surface area (Å²) >= 11 is 14.9. The second kappa shape index (κ2) is 12.5. The van der Waals surface area contributed by atoms with Gasteiger partial charge in [-0.1, -0.05) is 23.7 Å². The maximum Gasteiger partial charge on any atom is 0.269 e. The van der Waals surface area contributed by atoms with Crippen LogP contribution in [0.3, 0.4) is 0 Å². The molecule has 0 radical (unpaired) electrons. The number of alkyl halides is 1. The van der Waals surface area contributed by atoms with E-state index in [2.05, 4.69) is 31.3 Å². The number of amides is 2. The highest BCUT2D eigenvalue weighted by Crippen LogP contribution is 2.17. The number of hydrogen-bond acceptors (Lipinski definition) is 5. The van der Waals surface area contributed by atoms with Gasteiger partial charge in [0.15, 0.2) is 0 Å². The van der Waals surface area contributed by atoms with Crippen LogP contribution < -0.4 is 20.9 Å². The summed E-state index contributed by atoms with van der Waals surface area (Å²) in [6.45, 7) is 1.66. The lowest BCUT2D eigenvalue weighted by atomic mass is 10.2. The first-order valence-electron chi connectivity index (χ1n) is 9.87. The summed E-state index contributed by atoms with van der Waals surface area (Å²) in [5.74, 6) is -1.28. The van der Waals surface area contributed by atoms with Crippen molar-refractivity contribution >= 4 is 61.0 Å². The zero-order valence-corrected chi connectivity index (χ0v) is 21.6. The van der Waals surface area contributed by atoms with E-state index < -0.39 is 27.4 Å². The van der Waals surface area contributed by atoms with Crippen molar-refractivity contribution in [2.45, 2.75) is 20.0 Å². The molecule has 0 bridgehead atoms. The minimum absolute atomic E-state index is 0.00288. The maximum absolute atomic E-state index is 13.0. The summed E-state index contributed by atoms with van der Waals surface area (Å²) in [6, 6.07) is 8.15. The number of aromatic nitrogens is 1. The van der Waals surface area contributed by atoms with Crippen molar-refractivity contribution in [3.8, 4) is 0 Å². The van der Waals surface area contributed by atoms with Crippen LogP contribution in [0.5, 0.6) is 0 Å². The molecule has 1 heterocycles. The molecular formula is C20H23BrCl2N4O5S. The van der Waals surface area contributed by atoms with E-state index in [9.17, 15) is 22.8 Å². The van der Waals surface area contributed by atoms with Crippen molar-refractivity contribution < 1.29 is 18.0 Å². The van der Waals surface area contributed by atoms with Gasteiger partial charge in [-0.3, -0.25) is 14.4 Å². The van der Waals surface area contributed by atoms with E-state index in [1.54, 1.807) is 24.3 Å². The van der Waals surface area contributed by atoms with Gasteiger partial charge in [0.25, 0.3) is 17.4 Å². The predicted molar refractivity (Wildman–Crippen MR) is 132 cm³/mol. The van der Waals surface area contributed by atoms with Gasteiger partial charge in [0.2, 0.25) is 10.0 Å². The van der Waals surface area contributed by atoms with Gasteiger partial charge in [-0.25, -0.2) is 13.1 Å². The second-order valence-electron chi connectivity index (χ2n) is 6.76. The van der Waals surface area contributed by atoms with Crippen LogP contribution in [0, 0.1) is 0 Å². The SMILES string of the molecule is CCS(=O)(=O)NCCNC(=O)c1c(Br)cc(C(=O)NCc2ccc(Cl)cc2)c(=O)n1CCCl. The second-order valence-corrected chi connectivity index (χ2v) is 10.5. The molecule has 1 aromatic carbocycles. The van der Waals surface area contributed by atoms with E-state index in [1.165, 1.54) is 13.0 Å². The van der Waals surface area contributed by atoms with E-state index in [4.69, 9.17) is 23.2 Å². The number of pyridine rings is 1. The summed E-state index contributed by atoms with van der Waals surface area (Å²) in [4.78, 5) is 38.3. The van der Waals surface area contributed by atoms with Crippen LogP contribution in [0.2, 0.25) is 5.02 Å². The first-order chi connectivity index (χ1) is 15.6. The number of benzene rings is 1. The van der Waals surface area contributed by atoms with Gasteiger partial charge in [0, 0.05) is 41.6 Å². The first-order valence-corrected chi connectivity index (χ1v) is 13.2. The Bertz CT molecular complexity index is 1170. The lowest BCUT2D eigenvalue weighted by Crippen LogP contribution is -2.40. The van der Waals surface area contributed by atoms with Gasteiger partial charge in [0.05, 0.1) is 5.75 Å². The topological polar surface area (TPSA) is 126 Å². The van der Waals surface area contributed by atoms with E-state index in [-0.39, 0.29) is 53.5 Å². The summed E-state index contributed by atoms with van der Waals surface area (Å²) < 4.78 is 26.6. The van der Waals surface area contributed by atoms with Gasteiger partial charge in [0.1, 0.15) is 11.3 Å². The minimum Gasteiger partial charge on any atom is -0.349 e. The Labute approximate surface area is 210 Å². The molecule has 2 rings (SSSR count). The van der Waals surface area contributed by atoms with Crippen LogP contribution in [-0.2, 0) is 23.1 Å². The molecule has 0 aliphatic heterocycles. The third-order valence-electron chi connectivity index (χ3n) is 4.49. The number of halogens is 3. The van der Waals surface area contributed by atoms with Crippen LogP contribution in [-0.4, -0.2) is 49.5 Å². The molecule has 0 saturated carbocycles. The van der Waals surface area contributed by atoms with E-state index in [0.29, 0.717) is 5.02 Å². The molecule has 0 aliphatic carbocycles. The Balaban J connectivity index is 2.19. The van der Waals surface area contributed by atoms with E-state index in [1.807, 2.05) is 0 Å². The molecule has 1 aromatic heterocycles. The van der Waals surface area contributed by atoms with Gasteiger partial charge in [-0.05, 0) is 46.6 Å². The number of hydrogen-bond donors (Lipinski definition) is 3. The zero-order valence-electron chi connectivity index (χ0n) is 17.7. The molecule has 3 N–H and O–H groups in total. The minimum atomic E-state index is -3.39. The Hall–Kier alpha value is -1.92. The van der Waals surface area contributed by atoms with Crippen molar-refractivity contribution in [3.05, 3.63) is 67.0 Å². The van der Waals surface area contributed by atoms with E-state index in [0.717, 1.165) is 10.1 Å². The third kappa shape index (κ3) is 7.82. The largest absolute Gasteiger partial charge is 0.349 e.